The minimum absolute atomic E-state index is 0.0758. The van der Waals surface area contributed by atoms with E-state index in [2.05, 4.69) is 0 Å². The number of fused-ring (bicyclic) bond motifs is 3. The molecule has 0 spiro atoms. The van der Waals surface area contributed by atoms with Crippen molar-refractivity contribution >= 4 is 49.4 Å². The molecule has 4 rings (SSSR count). The molecule has 0 bridgehead atoms. The summed E-state index contributed by atoms with van der Waals surface area (Å²) in [6.45, 7) is -0.101. The fourth-order valence-corrected chi connectivity index (χ4v) is 8.19. The number of aryl methyl sites for hydroxylation is 1. The van der Waals surface area contributed by atoms with Crippen molar-refractivity contribution in [3.63, 3.8) is 0 Å². The lowest BCUT2D eigenvalue weighted by molar-refractivity contribution is -0.348. The van der Waals surface area contributed by atoms with Crippen molar-refractivity contribution in [1.82, 2.24) is 4.90 Å². The molecule has 1 saturated heterocycles. The Morgan fingerprint density at radius 3 is 2.11 bits per heavy atom. The molecule has 1 aliphatic carbocycles. The van der Waals surface area contributed by atoms with Crippen LogP contribution in [0.2, 0.25) is 0 Å². The highest BCUT2D eigenvalue weighted by Gasteiger charge is 2.73. The Hall–Kier alpha value is -1.61. The van der Waals surface area contributed by atoms with E-state index >= 15 is 0 Å². The molecule has 1 amide bonds. The summed E-state index contributed by atoms with van der Waals surface area (Å²) in [5.41, 5.74) is -7.59. The largest absolute Gasteiger partial charge is 0.435 e. The lowest BCUT2D eigenvalue weighted by Gasteiger charge is -2.42. The number of sulfone groups is 1. The molecule has 36 heavy (non-hydrogen) atoms. The van der Waals surface area contributed by atoms with Gasteiger partial charge in [0, 0.05) is 15.7 Å². The third-order valence-electron chi connectivity index (χ3n) is 6.90. The van der Waals surface area contributed by atoms with Crippen LogP contribution in [-0.2, 0) is 26.7 Å². The molecule has 1 heterocycles. The maximum absolute atomic E-state index is 14.7. The molecule has 2 atom stereocenters. The second-order valence-electron chi connectivity index (χ2n) is 8.62. The van der Waals surface area contributed by atoms with Crippen LogP contribution >= 0.6 is 34.2 Å². The monoisotopic (exact) mass is 669 g/mol. The topological polar surface area (TPSA) is 54.5 Å². The van der Waals surface area contributed by atoms with Crippen LogP contribution in [0, 0.1) is 3.57 Å². The minimum atomic E-state index is -6.31. The third kappa shape index (κ3) is 3.82. The molecule has 2 aromatic carbocycles. The SMILES string of the molecule is O=C(Cl)N1CC[C@@]2(S(=O)(=O)c3ccc(I)cc3)c3ccc(C(F)(C(F)(F)F)C(F)(F)F)cc3CC[C@@H]12. The number of nitrogens with zero attached hydrogens (tertiary/aromatic N) is 1. The first kappa shape index (κ1) is 27.4. The lowest BCUT2D eigenvalue weighted by atomic mass is 9.77. The normalized spacial score (nSPS) is 22.8. The number of amides is 1. The van der Waals surface area contributed by atoms with Crippen LogP contribution in [0.15, 0.2) is 47.4 Å². The molecule has 0 N–H and O–H groups in total. The highest BCUT2D eigenvalue weighted by atomic mass is 127. The molecule has 196 valence electrons. The number of carbonyl (C=O) groups excluding carboxylic acids is 1. The summed E-state index contributed by atoms with van der Waals surface area (Å²) < 4.78 is 122. The van der Waals surface area contributed by atoms with E-state index in [1.165, 1.54) is 24.3 Å². The van der Waals surface area contributed by atoms with Gasteiger partial charge in [0.1, 0.15) is 4.75 Å². The summed E-state index contributed by atoms with van der Waals surface area (Å²) in [7, 11) is -4.36. The first-order valence-corrected chi connectivity index (χ1v) is 13.3. The van der Waals surface area contributed by atoms with E-state index in [9.17, 15) is 43.9 Å². The van der Waals surface area contributed by atoms with Gasteiger partial charge in [-0.1, -0.05) is 18.2 Å². The molecule has 0 radical (unpaired) electrons. The Kier molecular flexibility index (Phi) is 6.64. The fourth-order valence-electron chi connectivity index (χ4n) is 5.26. The molecule has 0 unspecified atom stereocenters. The van der Waals surface area contributed by atoms with Gasteiger partial charge in [0.25, 0.3) is 0 Å². The predicted molar refractivity (Wildman–Crippen MR) is 124 cm³/mol. The Morgan fingerprint density at radius 1 is 1.00 bits per heavy atom. The second-order valence-corrected chi connectivity index (χ2v) is 12.4. The molecule has 1 fully saturated rings. The smallest absolute Gasteiger partial charge is 0.324 e. The van der Waals surface area contributed by atoms with E-state index in [-0.39, 0.29) is 41.8 Å². The molecule has 1 aliphatic heterocycles. The summed E-state index contributed by atoms with van der Waals surface area (Å²) in [6, 6.07) is 6.24. The number of alkyl halides is 7. The van der Waals surface area contributed by atoms with Crippen molar-refractivity contribution in [3.05, 3.63) is 62.7 Å². The Labute approximate surface area is 219 Å². The van der Waals surface area contributed by atoms with Gasteiger partial charge >= 0.3 is 23.4 Å². The summed E-state index contributed by atoms with van der Waals surface area (Å²) in [5, 5.41) is -0.934. The number of rotatable bonds is 3. The average molecular weight is 670 g/mol. The standard InChI is InChI=1S/C22H16ClF7INO3S/c23-18(33)32-10-9-19(36(34,35)15-5-3-14(31)4-6-15)16-7-2-13(11-12(16)1-8-17(19)32)20(24,21(25,26)27)22(28,29)30/h2-7,11,17H,1,8-10H2/t17-,19-/m1/s1. The minimum Gasteiger partial charge on any atom is -0.324 e. The maximum Gasteiger partial charge on any atom is 0.435 e. The number of halogens is 9. The highest BCUT2D eigenvalue weighted by molar-refractivity contribution is 14.1. The van der Waals surface area contributed by atoms with Crippen molar-refractivity contribution in [3.8, 4) is 0 Å². The lowest BCUT2D eigenvalue weighted by Crippen LogP contribution is -2.52. The van der Waals surface area contributed by atoms with Crippen LogP contribution in [0.1, 0.15) is 29.5 Å². The molecular weight excluding hydrogens is 654 g/mol. The number of hydrogen-bond acceptors (Lipinski definition) is 3. The van der Waals surface area contributed by atoms with Crippen LogP contribution in [-0.4, -0.2) is 43.6 Å². The second kappa shape index (κ2) is 8.72. The maximum atomic E-state index is 14.7. The molecule has 2 aliphatic rings. The summed E-state index contributed by atoms with van der Waals surface area (Å²) >= 11 is 7.65. The molecule has 14 heteroatoms. The number of benzene rings is 2. The first-order valence-electron chi connectivity index (χ1n) is 10.4. The van der Waals surface area contributed by atoms with E-state index < -0.39 is 49.6 Å². The molecule has 0 aromatic heterocycles. The van der Waals surface area contributed by atoms with Gasteiger partial charge in [-0.05, 0) is 88.8 Å². The predicted octanol–water partition coefficient (Wildman–Crippen LogP) is 6.63. The summed E-state index contributed by atoms with van der Waals surface area (Å²) in [4.78, 5) is 13.1. The highest BCUT2D eigenvalue weighted by Crippen LogP contribution is 2.56. The van der Waals surface area contributed by atoms with E-state index in [0.29, 0.717) is 12.1 Å². The van der Waals surface area contributed by atoms with E-state index in [4.69, 9.17) is 11.6 Å². The number of carbonyl (C=O) groups is 1. The number of likely N-dealkylation sites (tertiary alicyclic amines) is 1. The summed E-state index contributed by atoms with van der Waals surface area (Å²) in [5.74, 6) is 0. The quantitative estimate of drug-likeness (QED) is 0.160. The first-order chi connectivity index (χ1) is 16.5. The van der Waals surface area contributed by atoms with Crippen molar-refractivity contribution in [2.45, 2.75) is 53.0 Å². The van der Waals surface area contributed by atoms with Crippen molar-refractivity contribution in [1.29, 1.82) is 0 Å². The zero-order chi connectivity index (χ0) is 26.9. The molecule has 4 nitrogen and oxygen atoms in total. The van der Waals surface area contributed by atoms with Crippen LogP contribution in [0.25, 0.3) is 0 Å². The van der Waals surface area contributed by atoms with Gasteiger partial charge in [-0.3, -0.25) is 4.79 Å². The van der Waals surface area contributed by atoms with Crippen molar-refractivity contribution in [2.24, 2.45) is 0 Å². The molecule has 2 aromatic rings. The van der Waals surface area contributed by atoms with Gasteiger partial charge in [0.05, 0.1) is 10.9 Å². The van der Waals surface area contributed by atoms with Gasteiger partial charge < -0.3 is 4.90 Å². The van der Waals surface area contributed by atoms with Crippen LogP contribution in [0.4, 0.5) is 35.5 Å². The van der Waals surface area contributed by atoms with Crippen molar-refractivity contribution in [2.75, 3.05) is 6.54 Å². The zero-order valence-corrected chi connectivity index (χ0v) is 21.7. The van der Waals surface area contributed by atoms with Gasteiger partial charge in [-0.2, -0.15) is 26.3 Å². The van der Waals surface area contributed by atoms with Gasteiger partial charge in [0.15, 0.2) is 9.84 Å². The Morgan fingerprint density at radius 2 is 1.58 bits per heavy atom. The van der Waals surface area contributed by atoms with E-state index in [1.54, 1.807) is 0 Å². The average Bonchev–Trinajstić information content (AvgIpc) is 3.19. The Balaban J connectivity index is 1.97. The van der Waals surface area contributed by atoms with E-state index in [1.807, 2.05) is 22.6 Å². The number of hydrogen-bond donors (Lipinski definition) is 0. The molecule has 0 saturated carbocycles. The van der Waals surface area contributed by atoms with Crippen molar-refractivity contribution < 1.29 is 43.9 Å². The Bertz CT molecular complexity index is 1300. The van der Waals surface area contributed by atoms with E-state index in [0.717, 1.165) is 14.5 Å². The van der Waals surface area contributed by atoms with Crippen LogP contribution in [0.5, 0.6) is 0 Å². The van der Waals surface area contributed by atoms with Crippen LogP contribution in [0.3, 0.4) is 0 Å². The van der Waals surface area contributed by atoms with Gasteiger partial charge in [-0.15, -0.1) is 0 Å². The van der Waals surface area contributed by atoms with Gasteiger partial charge in [0.2, 0.25) is 0 Å². The zero-order valence-electron chi connectivity index (χ0n) is 17.9. The fraction of sp³-hybridized carbons (Fsp3) is 0.409. The third-order valence-corrected chi connectivity index (χ3v) is 10.4. The summed E-state index contributed by atoms with van der Waals surface area (Å²) in [6.07, 6.45) is -13.1. The van der Waals surface area contributed by atoms with Gasteiger partial charge in [-0.25, -0.2) is 12.8 Å². The van der Waals surface area contributed by atoms with Crippen LogP contribution < -0.4 is 0 Å². The molecular formula is C22H16ClF7INO3S.